The number of carbonyl (C=O) groups excluding carboxylic acids is 5. The Morgan fingerprint density at radius 3 is 0.750 bits per heavy atom. The van der Waals surface area contributed by atoms with E-state index in [1.807, 2.05) is 0 Å². The van der Waals surface area contributed by atoms with Crippen LogP contribution in [0.3, 0.4) is 0 Å². The largest absolute Gasteiger partial charge is 0.462 e. The normalized spacial score (nSPS) is 10.5. The summed E-state index contributed by atoms with van der Waals surface area (Å²) in [6.45, 7) is 34.0. The molecule has 0 aliphatic heterocycles. The first kappa shape index (κ1) is 38.2. The second-order valence-corrected chi connectivity index (χ2v) is 9.78. The van der Waals surface area contributed by atoms with Gasteiger partial charge in [0.2, 0.25) is 0 Å². The second-order valence-electron chi connectivity index (χ2n) is 9.78. The van der Waals surface area contributed by atoms with Crippen LogP contribution < -0.4 is 0 Å². The average molecular weight is 562 g/mol. The minimum absolute atomic E-state index is 0.110. The van der Waals surface area contributed by atoms with Crippen LogP contribution in [0.1, 0.15) is 34.6 Å². The highest BCUT2D eigenvalue weighted by Gasteiger charge is 2.38. The van der Waals surface area contributed by atoms with E-state index in [0.29, 0.717) is 5.57 Å². The lowest BCUT2D eigenvalue weighted by molar-refractivity contribution is -0.165. The van der Waals surface area contributed by atoms with Gasteiger partial charge in [-0.1, -0.05) is 32.9 Å². The van der Waals surface area contributed by atoms with Crippen LogP contribution in [0, 0.1) is 31.6 Å². The summed E-state index contributed by atoms with van der Waals surface area (Å²) in [5, 5.41) is 0. The van der Waals surface area contributed by atoms with E-state index in [9.17, 15) is 24.0 Å². The molecule has 0 spiro atoms. The molecular weight excluding hydrogens is 520 g/mol. The summed E-state index contributed by atoms with van der Waals surface area (Å²) >= 11 is 0. The fourth-order valence-electron chi connectivity index (χ4n) is 1.96. The standard InChI is InChI=1S/C21H28O8.C9H13O2/c1-13(2)17(22)26-9-21(10-27-18(23)14(3)4,11-28-19(24)15(5)6)12-29-20(25)16(7)8;1-7(2)8(10)11-6-9(3,4)5/h1,3,5,7,9-12H2,2,4,6,8H3;1,3-6H2,2H3. The number of hydrogen-bond donors (Lipinski definition) is 0. The first-order valence-electron chi connectivity index (χ1n) is 11.8. The van der Waals surface area contributed by atoms with Crippen LogP contribution in [0.5, 0.6) is 0 Å². The molecule has 0 rings (SSSR count). The highest BCUT2D eigenvalue weighted by atomic mass is 16.6. The van der Waals surface area contributed by atoms with Gasteiger partial charge in [0.1, 0.15) is 31.8 Å². The molecule has 0 aromatic rings. The molecule has 221 valence electrons. The molecule has 0 amide bonds. The monoisotopic (exact) mass is 561 g/mol. The summed E-state index contributed by atoms with van der Waals surface area (Å²) in [7, 11) is 0. The van der Waals surface area contributed by atoms with E-state index in [1.165, 1.54) is 27.7 Å². The molecule has 0 aliphatic rings. The van der Waals surface area contributed by atoms with Gasteiger partial charge >= 0.3 is 29.8 Å². The van der Waals surface area contributed by atoms with E-state index in [-0.39, 0.29) is 55.3 Å². The van der Waals surface area contributed by atoms with Crippen molar-refractivity contribution in [2.75, 3.05) is 33.0 Å². The minimum Gasteiger partial charge on any atom is -0.462 e. The van der Waals surface area contributed by atoms with Crippen molar-refractivity contribution in [1.29, 1.82) is 0 Å². The van der Waals surface area contributed by atoms with Crippen molar-refractivity contribution in [2.45, 2.75) is 34.6 Å². The topological polar surface area (TPSA) is 132 Å². The molecule has 0 aromatic heterocycles. The summed E-state index contributed by atoms with van der Waals surface area (Å²) < 4.78 is 25.4. The van der Waals surface area contributed by atoms with Crippen molar-refractivity contribution < 1.29 is 47.7 Å². The maximum absolute atomic E-state index is 11.8. The quantitative estimate of drug-likeness (QED) is 0.164. The lowest BCUT2D eigenvalue weighted by Gasteiger charge is -2.31. The molecule has 0 heterocycles. The van der Waals surface area contributed by atoms with Crippen molar-refractivity contribution in [1.82, 2.24) is 0 Å². The van der Waals surface area contributed by atoms with E-state index >= 15 is 0 Å². The van der Waals surface area contributed by atoms with E-state index in [2.05, 4.69) is 53.7 Å². The summed E-state index contributed by atoms with van der Waals surface area (Å²) in [5.41, 5.74) is -1.18. The van der Waals surface area contributed by atoms with Crippen molar-refractivity contribution in [3.63, 3.8) is 0 Å². The van der Waals surface area contributed by atoms with E-state index in [0.717, 1.165) is 0 Å². The van der Waals surface area contributed by atoms with Crippen LogP contribution in [-0.4, -0.2) is 62.9 Å². The van der Waals surface area contributed by atoms with Gasteiger partial charge in [-0.2, -0.15) is 0 Å². The lowest BCUT2D eigenvalue weighted by atomic mass is 9.92. The molecule has 0 saturated heterocycles. The highest BCUT2D eigenvalue weighted by Crippen LogP contribution is 2.23. The van der Waals surface area contributed by atoms with Gasteiger partial charge in [0, 0.05) is 33.3 Å². The Hall–Kier alpha value is -3.95. The van der Waals surface area contributed by atoms with Crippen LogP contribution in [0.15, 0.2) is 60.8 Å². The zero-order valence-corrected chi connectivity index (χ0v) is 24.3. The summed E-state index contributed by atoms with van der Waals surface area (Å²) in [4.78, 5) is 58.1. The predicted octanol–water partition coefficient (Wildman–Crippen LogP) is 4.04. The third-order valence-electron chi connectivity index (χ3n) is 4.29. The molecule has 0 atom stereocenters. The third kappa shape index (κ3) is 17.5. The molecule has 0 fully saturated rings. The molecule has 0 N–H and O–H groups in total. The van der Waals surface area contributed by atoms with E-state index in [4.69, 9.17) is 23.7 Å². The number of esters is 5. The lowest BCUT2D eigenvalue weighted by Crippen LogP contribution is -2.44. The third-order valence-corrected chi connectivity index (χ3v) is 4.29. The molecule has 10 heteroatoms. The zero-order valence-electron chi connectivity index (χ0n) is 24.3. The molecule has 0 aliphatic carbocycles. The highest BCUT2D eigenvalue weighted by molar-refractivity contribution is 5.88. The van der Waals surface area contributed by atoms with Crippen LogP contribution in [-0.2, 0) is 47.7 Å². The van der Waals surface area contributed by atoms with Gasteiger partial charge in [-0.25, -0.2) is 24.0 Å². The van der Waals surface area contributed by atoms with E-state index in [1.54, 1.807) is 6.92 Å². The van der Waals surface area contributed by atoms with Crippen molar-refractivity contribution in [3.8, 4) is 0 Å². The minimum atomic E-state index is -1.37. The van der Waals surface area contributed by atoms with Crippen LogP contribution in [0.2, 0.25) is 0 Å². The predicted molar refractivity (Wildman–Crippen MR) is 150 cm³/mol. The Morgan fingerprint density at radius 1 is 0.425 bits per heavy atom. The van der Waals surface area contributed by atoms with Gasteiger partial charge in [-0.15, -0.1) is 0 Å². The van der Waals surface area contributed by atoms with Gasteiger partial charge < -0.3 is 23.7 Å². The first-order valence-corrected chi connectivity index (χ1v) is 11.8. The Labute approximate surface area is 237 Å². The van der Waals surface area contributed by atoms with Crippen LogP contribution in [0.25, 0.3) is 0 Å². The molecule has 40 heavy (non-hydrogen) atoms. The fraction of sp³-hybridized carbons (Fsp3) is 0.400. The van der Waals surface area contributed by atoms with Gasteiger partial charge in [-0.3, -0.25) is 0 Å². The van der Waals surface area contributed by atoms with Crippen molar-refractivity contribution in [2.24, 2.45) is 10.8 Å². The number of carbonyl (C=O) groups is 5. The van der Waals surface area contributed by atoms with Crippen LogP contribution in [0.4, 0.5) is 0 Å². The molecular formula is C30H41O10. The summed E-state index contributed by atoms with van der Waals surface area (Å²) in [5.74, 6) is -3.27. The maximum atomic E-state index is 11.8. The molecule has 10 nitrogen and oxygen atoms in total. The summed E-state index contributed by atoms with van der Waals surface area (Å²) in [6, 6.07) is 0. The second kappa shape index (κ2) is 17.6. The Kier molecular flexibility index (Phi) is 16.8. The maximum Gasteiger partial charge on any atom is 0.333 e. The SMILES string of the molecule is C=C(C)C(=O)OCC(COC(=O)C(=C)C)(COC(=O)C(=C)C)COC(=O)C(=C)C.[CH2]C([CH2])([CH2])COC(=O)C(=C)C. The van der Waals surface area contributed by atoms with Gasteiger partial charge in [0.05, 0.1) is 6.61 Å². The first-order chi connectivity index (χ1) is 18.1. The molecule has 0 aromatic carbocycles. The van der Waals surface area contributed by atoms with Crippen molar-refractivity contribution in [3.05, 3.63) is 81.5 Å². The molecule has 3 radical (unpaired) electrons. The Morgan fingerprint density at radius 2 is 0.600 bits per heavy atom. The average Bonchev–Trinajstić information content (AvgIpc) is 2.84. The van der Waals surface area contributed by atoms with Gasteiger partial charge in [0.25, 0.3) is 0 Å². The molecule has 0 bridgehead atoms. The fourth-order valence-corrected chi connectivity index (χ4v) is 1.96. The smallest absolute Gasteiger partial charge is 0.333 e. The number of rotatable bonds is 15. The Bertz CT molecular complexity index is 898. The number of hydrogen-bond acceptors (Lipinski definition) is 10. The van der Waals surface area contributed by atoms with Gasteiger partial charge in [0.15, 0.2) is 0 Å². The van der Waals surface area contributed by atoms with Crippen LogP contribution >= 0.6 is 0 Å². The molecule has 0 unspecified atom stereocenters. The molecule has 0 saturated carbocycles. The summed E-state index contributed by atoms with van der Waals surface area (Å²) in [6.07, 6.45) is 0. The van der Waals surface area contributed by atoms with E-state index < -0.39 is 40.7 Å². The van der Waals surface area contributed by atoms with Crippen molar-refractivity contribution >= 4 is 29.8 Å². The van der Waals surface area contributed by atoms with Gasteiger partial charge in [-0.05, 0) is 55.4 Å². The zero-order chi connectivity index (χ0) is 31.8. The Balaban J connectivity index is 0. The number of ether oxygens (including phenoxy) is 5.